The van der Waals surface area contributed by atoms with Crippen LogP contribution in [0.5, 0.6) is 0 Å². The molecule has 0 fully saturated rings. The summed E-state index contributed by atoms with van der Waals surface area (Å²) in [7, 11) is 0. The summed E-state index contributed by atoms with van der Waals surface area (Å²) < 4.78 is 14.6. The van der Waals surface area contributed by atoms with E-state index in [-0.39, 0.29) is 17.9 Å². The Morgan fingerprint density at radius 2 is 1.93 bits per heavy atom. The molecule has 1 amide bonds. The van der Waals surface area contributed by atoms with Gasteiger partial charge in [0.25, 0.3) is 5.56 Å². The second kappa shape index (κ2) is 8.18. The molecule has 2 aromatic heterocycles. The lowest BCUT2D eigenvalue weighted by Crippen LogP contribution is -2.27. The molecule has 1 N–H and O–H groups in total. The van der Waals surface area contributed by atoms with E-state index in [0.29, 0.717) is 37.1 Å². The average molecular weight is 462 g/mol. The number of nitrogens with zero attached hydrogens (tertiary/aromatic N) is 2. The predicted molar refractivity (Wildman–Crippen MR) is 119 cm³/mol. The minimum absolute atomic E-state index is 0.238. The van der Waals surface area contributed by atoms with Crippen molar-refractivity contribution in [1.82, 2.24) is 9.55 Å². The van der Waals surface area contributed by atoms with Gasteiger partial charge in [-0.15, -0.1) is 11.3 Å². The molecule has 0 saturated carbocycles. The molecule has 0 spiro atoms. The molecule has 0 aliphatic rings. The van der Waals surface area contributed by atoms with Crippen molar-refractivity contribution in [2.24, 2.45) is 0 Å². The molecular weight excluding hydrogens is 448 g/mol. The van der Waals surface area contributed by atoms with Gasteiger partial charge < -0.3 is 5.32 Å². The van der Waals surface area contributed by atoms with Crippen LogP contribution >= 0.6 is 34.5 Å². The predicted octanol–water partition coefficient (Wildman–Crippen LogP) is 5.52. The Morgan fingerprint density at radius 1 is 1.20 bits per heavy atom. The van der Waals surface area contributed by atoms with Gasteiger partial charge in [0.15, 0.2) is 0 Å². The second-order valence-corrected chi connectivity index (χ2v) is 8.62. The summed E-state index contributed by atoms with van der Waals surface area (Å²) in [5.74, 6) is -0.790. The van der Waals surface area contributed by atoms with Crippen molar-refractivity contribution < 1.29 is 9.18 Å². The van der Waals surface area contributed by atoms with Crippen LogP contribution in [0.3, 0.4) is 0 Å². The smallest absolute Gasteiger partial charge is 0.263 e. The summed E-state index contributed by atoms with van der Waals surface area (Å²) in [5, 5.41) is 3.81. The van der Waals surface area contributed by atoms with E-state index in [2.05, 4.69) is 10.3 Å². The number of benzene rings is 2. The summed E-state index contributed by atoms with van der Waals surface area (Å²) >= 11 is 13.3. The first-order chi connectivity index (χ1) is 14.3. The summed E-state index contributed by atoms with van der Waals surface area (Å²) in [6.07, 6.45) is 1.35. The molecule has 0 bridgehead atoms. The van der Waals surface area contributed by atoms with Gasteiger partial charge in [-0.05, 0) is 42.8 Å². The molecule has 2 heterocycles. The quantitative estimate of drug-likeness (QED) is 0.435. The minimum atomic E-state index is -0.433. The number of hydrogen-bond acceptors (Lipinski definition) is 4. The number of nitrogens with one attached hydrogen (secondary N) is 1. The van der Waals surface area contributed by atoms with Crippen molar-refractivity contribution in [3.8, 4) is 11.1 Å². The standard InChI is InChI=1S/C21H14Cl2FN3O2S/c1-11-18(12-2-5-14(24)6-3-12)19-20(30-11)25-10-27(21(19)29)9-17(28)26-16-7-4-13(22)8-15(16)23/h2-8,10H,9H2,1H3,(H,26,28). The van der Waals surface area contributed by atoms with Crippen LogP contribution < -0.4 is 10.9 Å². The monoisotopic (exact) mass is 461 g/mol. The van der Waals surface area contributed by atoms with Gasteiger partial charge in [0.05, 0.1) is 22.4 Å². The van der Waals surface area contributed by atoms with Crippen LogP contribution in [0.1, 0.15) is 4.88 Å². The van der Waals surface area contributed by atoms with Gasteiger partial charge in [-0.2, -0.15) is 0 Å². The highest BCUT2D eigenvalue weighted by molar-refractivity contribution is 7.19. The number of hydrogen-bond donors (Lipinski definition) is 1. The fourth-order valence-electron chi connectivity index (χ4n) is 3.15. The van der Waals surface area contributed by atoms with E-state index in [1.807, 2.05) is 6.92 Å². The van der Waals surface area contributed by atoms with E-state index in [1.54, 1.807) is 24.3 Å². The number of aromatic nitrogens is 2. The zero-order valence-corrected chi connectivity index (χ0v) is 17.9. The third-order valence-electron chi connectivity index (χ3n) is 4.51. The first-order valence-corrected chi connectivity index (χ1v) is 10.4. The highest BCUT2D eigenvalue weighted by Gasteiger charge is 2.18. The van der Waals surface area contributed by atoms with Gasteiger partial charge in [-0.3, -0.25) is 14.2 Å². The van der Waals surface area contributed by atoms with Gasteiger partial charge in [0.2, 0.25) is 5.91 Å². The maximum absolute atomic E-state index is 13.3. The molecule has 30 heavy (non-hydrogen) atoms. The SMILES string of the molecule is Cc1sc2ncn(CC(=O)Nc3ccc(Cl)cc3Cl)c(=O)c2c1-c1ccc(F)cc1. The van der Waals surface area contributed by atoms with Crippen LogP contribution in [-0.4, -0.2) is 15.5 Å². The molecule has 0 aliphatic heterocycles. The van der Waals surface area contributed by atoms with E-state index in [1.165, 1.54) is 40.4 Å². The highest BCUT2D eigenvalue weighted by Crippen LogP contribution is 2.35. The Morgan fingerprint density at radius 3 is 2.63 bits per heavy atom. The van der Waals surface area contributed by atoms with Gasteiger partial charge in [-0.25, -0.2) is 9.37 Å². The van der Waals surface area contributed by atoms with Crippen molar-refractivity contribution in [1.29, 1.82) is 0 Å². The number of thiophene rings is 1. The molecule has 5 nitrogen and oxygen atoms in total. The largest absolute Gasteiger partial charge is 0.323 e. The van der Waals surface area contributed by atoms with E-state index in [0.717, 1.165) is 4.88 Å². The molecule has 9 heteroatoms. The molecular formula is C21H14Cl2FN3O2S. The van der Waals surface area contributed by atoms with Gasteiger partial charge in [-0.1, -0.05) is 35.3 Å². The number of fused-ring (bicyclic) bond motifs is 1. The Kier molecular flexibility index (Phi) is 5.60. The Hall–Kier alpha value is -2.74. The number of anilines is 1. The fourth-order valence-corrected chi connectivity index (χ4v) is 4.61. The lowest BCUT2D eigenvalue weighted by Gasteiger charge is -2.09. The van der Waals surface area contributed by atoms with Crippen LogP contribution in [0.25, 0.3) is 21.3 Å². The van der Waals surface area contributed by atoms with Crippen LogP contribution in [0.4, 0.5) is 10.1 Å². The molecule has 4 aromatic rings. The maximum Gasteiger partial charge on any atom is 0.263 e. The Labute approximate surface area is 184 Å². The second-order valence-electron chi connectivity index (χ2n) is 6.57. The topological polar surface area (TPSA) is 64.0 Å². The lowest BCUT2D eigenvalue weighted by molar-refractivity contribution is -0.116. The van der Waals surface area contributed by atoms with E-state index >= 15 is 0 Å². The number of amides is 1. The Balaban J connectivity index is 1.69. The third kappa shape index (κ3) is 3.96. The summed E-state index contributed by atoms with van der Waals surface area (Å²) in [5.41, 5.74) is 1.46. The van der Waals surface area contributed by atoms with E-state index in [9.17, 15) is 14.0 Å². The highest BCUT2D eigenvalue weighted by atomic mass is 35.5. The van der Waals surface area contributed by atoms with Gasteiger partial charge in [0.1, 0.15) is 17.2 Å². The van der Waals surface area contributed by atoms with Gasteiger partial charge >= 0.3 is 0 Å². The number of carbonyl (C=O) groups excluding carboxylic acids is 1. The summed E-state index contributed by atoms with van der Waals surface area (Å²) in [4.78, 5) is 31.4. The summed E-state index contributed by atoms with van der Waals surface area (Å²) in [6, 6.07) is 10.6. The number of halogens is 3. The number of carbonyl (C=O) groups is 1. The third-order valence-corrected chi connectivity index (χ3v) is 6.07. The summed E-state index contributed by atoms with van der Waals surface area (Å²) in [6.45, 7) is 1.64. The average Bonchev–Trinajstić information content (AvgIpc) is 3.04. The zero-order valence-electron chi connectivity index (χ0n) is 15.6. The zero-order chi connectivity index (χ0) is 21.4. The van der Waals surface area contributed by atoms with Crippen LogP contribution in [0, 0.1) is 12.7 Å². The molecule has 152 valence electrons. The van der Waals surface area contributed by atoms with Crippen LogP contribution in [0.2, 0.25) is 10.0 Å². The van der Waals surface area contributed by atoms with Crippen LogP contribution in [0.15, 0.2) is 53.6 Å². The van der Waals surface area contributed by atoms with Crippen molar-refractivity contribution in [2.45, 2.75) is 13.5 Å². The molecule has 4 rings (SSSR count). The normalized spacial score (nSPS) is 11.1. The number of aryl methyl sites for hydroxylation is 1. The Bertz CT molecular complexity index is 1330. The molecule has 0 unspecified atom stereocenters. The molecule has 0 saturated heterocycles. The fraction of sp³-hybridized carbons (Fsp3) is 0.0952. The number of rotatable bonds is 4. The van der Waals surface area contributed by atoms with E-state index in [4.69, 9.17) is 23.2 Å². The van der Waals surface area contributed by atoms with E-state index < -0.39 is 5.91 Å². The minimum Gasteiger partial charge on any atom is -0.323 e. The van der Waals surface area contributed by atoms with Gasteiger partial charge in [0, 0.05) is 15.5 Å². The van der Waals surface area contributed by atoms with Crippen molar-refractivity contribution in [2.75, 3.05) is 5.32 Å². The lowest BCUT2D eigenvalue weighted by atomic mass is 10.0. The van der Waals surface area contributed by atoms with Crippen molar-refractivity contribution in [3.63, 3.8) is 0 Å². The molecule has 2 aromatic carbocycles. The first kappa shape index (κ1) is 20.5. The van der Waals surface area contributed by atoms with Crippen molar-refractivity contribution in [3.05, 3.63) is 79.9 Å². The van der Waals surface area contributed by atoms with Crippen LogP contribution in [-0.2, 0) is 11.3 Å². The van der Waals surface area contributed by atoms with Crippen molar-refractivity contribution >= 4 is 56.3 Å². The maximum atomic E-state index is 13.3. The first-order valence-electron chi connectivity index (χ1n) is 8.83. The molecule has 0 atom stereocenters. The molecule has 0 radical (unpaired) electrons. The molecule has 0 aliphatic carbocycles.